The van der Waals surface area contributed by atoms with Crippen LogP contribution in [0.2, 0.25) is 0 Å². The third-order valence-corrected chi connectivity index (χ3v) is 3.47. The average molecular weight is 181 g/mol. The predicted octanol–water partition coefficient (Wildman–Crippen LogP) is 1.30. The molecule has 0 radical (unpaired) electrons. The van der Waals surface area contributed by atoms with Crippen LogP contribution in [0.3, 0.4) is 0 Å². The molecule has 4 heteroatoms. The first kappa shape index (κ1) is 7.49. The molecule has 0 unspecified atom stereocenters. The fourth-order valence-electron chi connectivity index (χ4n) is 1.23. The van der Waals surface area contributed by atoms with E-state index in [1.54, 1.807) is 24.3 Å². The third-order valence-electron chi connectivity index (χ3n) is 1.78. The second kappa shape index (κ2) is 2.17. The number of carbonyl (C=O) groups excluding carboxylic acids is 1. The summed E-state index contributed by atoms with van der Waals surface area (Å²) in [4.78, 5) is 11.7. The quantitative estimate of drug-likeness (QED) is 0.605. The number of amides is 1. The molecule has 62 valence electrons. The second-order valence-electron chi connectivity index (χ2n) is 2.70. The summed E-state index contributed by atoms with van der Waals surface area (Å²) in [7, 11) is -2.43. The lowest BCUT2D eigenvalue weighted by molar-refractivity contribution is 0.101. The molecule has 0 spiro atoms. The lowest BCUT2D eigenvalue weighted by Gasteiger charge is -1.96. The molecule has 1 aromatic carbocycles. The van der Waals surface area contributed by atoms with Crippen LogP contribution in [0.5, 0.6) is 0 Å². The highest BCUT2D eigenvalue weighted by molar-refractivity contribution is 7.93. The van der Waals surface area contributed by atoms with E-state index >= 15 is 0 Å². The van der Waals surface area contributed by atoms with Crippen LogP contribution in [0.15, 0.2) is 33.5 Å². The fourth-order valence-corrected chi connectivity index (χ4v) is 2.64. The van der Waals surface area contributed by atoms with E-state index in [2.05, 4.69) is 4.36 Å². The Kier molecular flexibility index (Phi) is 1.35. The maximum absolute atomic E-state index is 11.6. The Hall–Kier alpha value is -1.16. The predicted molar refractivity (Wildman–Crippen MR) is 45.5 cm³/mol. The summed E-state index contributed by atoms with van der Waals surface area (Å²) in [6.07, 6.45) is 1.48. The topological polar surface area (TPSA) is 46.5 Å². The molecule has 1 aromatic rings. The Morgan fingerprint density at radius 2 is 2.00 bits per heavy atom. The zero-order valence-corrected chi connectivity index (χ0v) is 7.30. The van der Waals surface area contributed by atoms with Gasteiger partial charge >= 0.3 is 0 Å². The maximum atomic E-state index is 11.6. The largest absolute Gasteiger partial charge is 0.286 e. The fraction of sp³-hybridized carbons (Fsp3) is 0.125. The summed E-state index contributed by atoms with van der Waals surface area (Å²) >= 11 is 0. The minimum absolute atomic E-state index is 0.363. The summed E-state index contributed by atoms with van der Waals surface area (Å²) in [5.74, 6) is -0.363. The van der Waals surface area contributed by atoms with Crippen molar-refractivity contribution in [2.45, 2.75) is 4.90 Å². The summed E-state index contributed by atoms with van der Waals surface area (Å²) < 4.78 is 15.2. The van der Waals surface area contributed by atoms with E-state index in [0.717, 1.165) is 0 Å². The minimum Gasteiger partial charge on any atom is -0.266 e. The zero-order chi connectivity index (χ0) is 8.77. The minimum atomic E-state index is -2.43. The Balaban J connectivity index is 2.87. The Bertz CT molecular complexity index is 470. The van der Waals surface area contributed by atoms with Gasteiger partial charge in [0.2, 0.25) is 0 Å². The van der Waals surface area contributed by atoms with Crippen molar-refractivity contribution >= 4 is 15.6 Å². The number of hydrogen-bond acceptors (Lipinski definition) is 2. The van der Waals surface area contributed by atoms with Gasteiger partial charge in [0.25, 0.3) is 5.91 Å². The van der Waals surface area contributed by atoms with Crippen LogP contribution >= 0.6 is 0 Å². The summed E-state index contributed by atoms with van der Waals surface area (Å²) in [6.45, 7) is 0. The standard InChI is InChI=1S/C8H7NO2S/c1-12(11)7-5-3-2-4-6(7)8(10)9-12/h2-5H,1H3/t12-/m1/s1. The van der Waals surface area contributed by atoms with E-state index in [4.69, 9.17) is 0 Å². The highest BCUT2D eigenvalue weighted by Gasteiger charge is 2.24. The molecule has 0 saturated heterocycles. The summed E-state index contributed by atoms with van der Waals surface area (Å²) in [5.41, 5.74) is 0.477. The number of rotatable bonds is 0. The molecule has 0 fully saturated rings. The molecule has 1 aliphatic rings. The van der Waals surface area contributed by atoms with Crippen LogP contribution in [-0.4, -0.2) is 16.4 Å². The number of nitrogens with zero attached hydrogens (tertiary/aromatic N) is 1. The van der Waals surface area contributed by atoms with Gasteiger partial charge in [0.15, 0.2) is 0 Å². The molecule has 0 saturated carbocycles. The molecule has 1 amide bonds. The van der Waals surface area contributed by atoms with Crippen LogP contribution < -0.4 is 0 Å². The van der Waals surface area contributed by atoms with Crippen molar-refractivity contribution in [1.29, 1.82) is 0 Å². The first-order chi connectivity index (χ1) is 5.61. The molecule has 0 bridgehead atoms. The number of fused-ring (bicyclic) bond motifs is 1. The molecule has 1 heterocycles. The summed E-state index contributed by atoms with van der Waals surface area (Å²) in [6, 6.07) is 6.84. The molecular weight excluding hydrogens is 174 g/mol. The highest BCUT2D eigenvalue weighted by atomic mass is 32.2. The van der Waals surface area contributed by atoms with E-state index in [0.29, 0.717) is 10.5 Å². The normalized spacial score (nSPS) is 26.6. The SMILES string of the molecule is C[S@]1(=O)=NC(=O)c2ccccc21. The van der Waals surface area contributed by atoms with Gasteiger partial charge in [-0.25, -0.2) is 4.21 Å². The van der Waals surface area contributed by atoms with Gasteiger partial charge in [-0.3, -0.25) is 4.79 Å². The monoisotopic (exact) mass is 181 g/mol. The van der Waals surface area contributed by atoms with Gasteiger partial charge in [0, 0.05) is 6.26 Å². The van der Waals surface area contributed by atoms with Gasteiger partial charge in [-0.05, 0) is 12.1 Å². The molecule has 1 atom stereocenters. The lowest BCUT2D eigenvalue weighted by atomic mass is 10.2. The first-order valence-electron chi connectivity index (χ1n) is 3.47. The Morgan fingerprint density at radius 3 is 2.67 bits per heavy atom. The van der Waals surface area contributed by atoms with Crippen molar-refractivity contribution in [1.82, 2.24) is 0 Å². The molecule has 0 aliphatic carbocycles. The van der Waals surface area contributed by atoms with Crippen molar-refractivity contribution in [3.05, 3.63) is 29.8 Å². The van der Waals surface area contributed by atoms with E-state index < -0.39 is 9.73 Å². The summed E-state index contributed by atoms with van der Waals surface area (Å²) in [5, 5.41) is 0. The van der Waals surface area contributed by atoms with Gasteiger partial charge in [0.05, 0.1) is 20.2 Å². The van der Waals surface area contributed by atoms with Crippen LogP contribution in [0.1, 0.15) is 10.4 Å². The first-order valence-corrected chi connectivity index (χ1v) is 5.39. The molecule has 0 aromatic heterocycles. The van der Waals surface area contributed by atoms with Crippen LogP contribution in [-0.2, 0) is 9.73 Å². The average Bonchev–Trinajstić information content (AvgIpc) is 2.25. The lowest BCUT2D eigenvalue weighted by Crippen LogP contribution is -1.93. The van der Waals surface area contributed by atoms with Crippen LogP contribution in [0.4, 0.5) is 0 Å². The van der Waals surface area contributed by atoms with E-state index in [1.165, 1.54) is 6.26 Å². The molecule has 1 aliphatic heterocycles. The van der Waals surface area contributed by atoms with E-state index in [-0.39, 0.29) is 5.91 Å². The van der Waals surface area contributed by atoms with Crippen LogP contribution in [0.25, 0.3) is 0 Å². The Labute approximate surface area is 70.6 Å². The van der Waals surface area contributed by atoms with Gasteiger partial charge in [-0.1, -0.05) is 12.1 Å². The zero-order valence-electron chi connectivity index (χ0n) is 6.48. The molecule has 12 heavy (non-hydrogen) atoms. The second-order valence-corrected chi connectivity index (χ2v) is 4.92. The number of hydrogen-bond donors (Lipinski definition) is 0. The van der Waals surface area contributed by atoms with Crippen LogP contribution in [0, 0.1) is 0 Å². The number of carbonyl (C=O) groups is 1. The molecular formula is C8H7NO2S. The van der Waals surface area contributed by atoms with Crippen molar-refractivity contribution < 1.29 is 9.00 Å². The van der Waals surface area contributed by atoms with Gasteiger partial charge in [-0.15, -0.1) is 0 Å². The van der Waals surface area contributed by atoms with Gasteiger partial charge in [0.1, 0.15) is 0 Å². The van der Waals surface area contributed by atoms with Crippen molar-refractivity contribution in [2.24, 2.45) is 4.36 Å². The molecule has 0 N–H and O–H groups in total. The smallest absolute Gasteiger partial charge is 0.266 e. The van der Waals surface area contributed by atoms with Crippen molar-refractivity contribution in [3.8, 4) is 0 Å². The van der Waals surface area contributed by atoms with E-state index in [1.807, 2.05) is 0 Å². The highest BCUT2D eigenvalue weighted by Crippen LogP contribution is 2.24. The third kappa shape index (κ3) is 0.881. The Morgan fingerprint density at radius 1 is 1.33 bits per heavy atom. The molecule has 2 rings (SSSR count). The van der Waals surface area contributed by atoms with Crippen molar-refractivity contribution in [2.75, 3.05) is 6.26 Å². The van der Waals surface area contributed by atoms with Gasteiger partial charge in [-0.2, -0.15) is 4.36 Å². The van der Waals surface area contributed by atoms with E-state index in [9.17, 15) is 9.00 Å². The molecule has 3 nitrogen and oxygen atoms in total. The maximum Gasteiger partial charge on any atom is 0.286 e. The van der Waals surface area contributed by atoms with Gasteiger partial charge < -0.3 is 0 Å². The number of benzene rings is 1. The van der Waals surface area contributed by atoms with Crippen molar-refractivity contribution in [3.63, 3.8) is 0 Å².